The molecule has 0 saturated heterocycles. The molecule has 1 unspecified atom stereocenters. The van der Waals surface area contributed by atoms with Crippen LogP contribution >= 0.6 is 0 Å². The van der Waals surface area contributed by atoms with Gasteiger partial charge in [-0.05, 0) is 39.5 Å². The summed E-state index contributed by atoms with van der Waals surface area (Å²) in [6.45, 7) is 11.1. The van der Waals surface area contributed by atoms with Gasteiger partial charge in [-0.3, -0.25) is 4.79 Å². The van der Waals surface area contributed by atoms with Gasteiger partial charge in [0.1, 0.15) is 11.6 Å². The molecule has 0 fully saturated rings. The Morgan fingerprint density at radius 2 is 2.07 bits per heavy atom. The second-order valence-corrected chi connectivity index (χ2v) is 4.90. The maximum atomic E-state index is 11.6. The third-order valence-electron chi connectivity index (χ3n) is 2.12. The van der Waals surface area contributed by atoms with Crippen LogP contribution in [0.2, 0.25) is 0 Å². The third-order valence-corrected chi connectivity index (χ3v) is 2.12. The highest BCUT2D eigenvalue weighted by Crippen LogP contribution is 2.14. The third kappa shape index (κ3) is 6.28. The molecule has 2 atom stereocenters. The van der Waals surface area contributed by atoms with Gasteiger partial charge in [0.05, 0.1) is 0 Å². The molecule has 0 aromatic heterocycles. The van der Waals surface area contributed by atoms with E-state index >= 15 is 0 Å². The van der Waals surface area contributed by atoms with Crippen molar-refractivity contribution in [1.82, 2.24) is 0 Å². The van der Waals surface area contributed by atoms with E-state index in [9.17, 15) is 4.79 Å². The first kappa shape index (κ1) is 14.2. The van der Waals surface area contributed by atoms with Gasteiger partial charge in [-0.25, -0.2) is 0 Å². The quantitative estimate of drug-likeness (QED) is 0.563. The Balaban J connectivity index is 4.13. The largest absolute Gasteiger partial charge is 0.459 e. The van der Waals surface area contributed by atoms with Gasteiger partial charge in [0, 0.05) is 0 Å². The van der Waals surface area contributed by atoms with Gasteiger partial charge in [0.2, 0.25) is 0 Å². The normalized spacial score (nSPS) is 15.5. The van der Waals surface area contributed by atoms with Crippen LogP contribution in [0.25, 0.3) is 0 Å². The van der Waals surface area contributed by atoms with Gasteiger partial charge in [-0.2, -0.15) is 0 Å². The number of ether oxygens (including phenoxy) is 1. The van der Waals surface area contributed by atoms with E-state index in [1.807, 2.05) is 33.8 Å². The molecule has 0 aromatic carbocycles. The standard InChI is InChI=1S/C12H23NO2/c1-6-7-8-9(2)10(13)11(14)15-12(3,4)5/h6,9-10H,1,7-8,13H2,2-5H3/t9-,10?/m0/s1. The van der Waals surface area contributed by atoms with Crippen molar-refractivity contribution in [2.24, 2.45) is 11.7 Å². The van der Waals surface area contributed by atoms with E-state index < -0.39 is 11.6 Å². The lowest BCUT2D eigenvalue weighted by Gasteiger charge is -2.24. The minimum atomic E-state index is -0.538. The molecule has 2 N–H and O–H groups in total. The van der Waals surface area contributed by atoms with Crippen LogP contribution < -0.4 is 5.73 Å². The molecule has 0 aliphatic heterocycles. The lowest BCUT2D eigenvalue weighted by Crippen LogP contribution is -2.41. The highest BCUT2D eigenvalue weighted by atomic mass is 16.6. The van der Waals surface area contributed by atoms with E-state index in [1.165, 1.54) is 0 Å². The number of hydrogen-bond donors (Lipinski definition) is 1. The Bertz CT molecular complexity index is 218. The Morgan fingerprint density at radius 1 is 1.53 bits per heavy atom. The Morgan fingerprint density at radius 3 is 2.47 bits per heavy atom. The van der Waals surface area contributed by atoms with Crippen LogP contribution in [-0.2, 0) is 9.53 Å². The van der Waals surface area contributed by atoms with Crippen molar-refractivity contribution in [3.63, 3.8) is 0 Å². The fraction of sp³-hybridized carbons (Fsp3) is 0.750. The van der Waals surface area contributed by atoms with E-state index in [4.69, 9.17) is 10.5 Å². The van der Waals surface area contributed by atoms with Gasteiger partial charge >= 0.3 is 5.97 Å². The maximum absolute atomic E-state index is 11.6. The number of allylic oxidation sites excluding steroid dienone is 1. The average molecular weight is 213 g/mol. The number of hydrogen-bond acceptors (Lipinski definition) is 3. The van der Waals surface area contributed by atoms with Gasteiger partial charge < -0.3 is 10.5 Å². The predicted molar refractivity (Wildman–Crippen MR) is 62.4 cm³/mol. The van der Waals surface area contributed by atoms with Crippen molar-refractivity contribution in [3.8, 4) is 0 Å². The molecule has 15 heavy (non-hydrogen) atoms. The Kier molecular flexibility index (Phi) is 5.58. The van der Waals surface area contributed by atoms with Crippen LogP contribution in [0.5, 0.6) is 0 Å². The summed E-state index contributed by atoms with van der Waals surface area (Å²) in [5.74, 6) is -0.197. The summed E-state index contributed by atoms with van der Waals surface area (Å²) >= 11 is 0. The SMILES string of the molecule is C=CCC[C@H](C)C(N)C(=O)OC(C)(C)C. The predicted octanol–water partition coefficient (Wildman–Crippen LogP) is 2.26. The van der Waals surface area contributed by atoms with E-state index in [2.05, 4.69) is 6.58 Å². The number of carbonyl (C=O) groups is 1. The zero-order valence-corrected chi connectivity index (χ0v) is 10.2. The van der Waals surface area contributed by atoms with Crippen LogP contribution in [-0.4, -0.2) is 17.6 Å². The zero-order valence-electron chi connectivity index (χ0n) is 10.2. The average Bonchev–Trinajstić information content (AvgIpc) is 2.10. The number of esters is 1. The van der Waals surface area contributed by atoms with Crippen molar-refractivity contribution in [1.29, 1.82) is 0 Å². The fourth-order valence-electron chi connectivity index (χ4n) is 1.16. The minimum absolute atomic E-state index is 0.123. The Labute approximate surface area is 92.7 Å². The molecular weight excluding hydrogens is 190 g/mol. The molecule has 0 aromatic rings. The van der Waals surface area contributed by atoms with Gasteiger partial charge in [0.25, 0.3) is 0 Å². The molecule has 0 amide bonds. The highest BCUT2D eigenvalue weighted by molar-refractivity contribution is 5.76. The topological polar surface area (TPSA) is 52.3 Å². The summed E-state index contributed by atoms with van der Waals surface area (Å²) in [4.78, 5) is 11.6. The molecule has 0 rings (SSSR count). The van der Waals surface area contributed by atoms with Crippen molar-refractivity contribution < 1.29 is 9.53 Å². The maximum Gasteiger partial charge on any atom is 0.323 e. The van der Waals surface area contributed by atoms with Crippen LogP contribution in [0.4, 0.5) is 0 Å². The molecule has 0 saturated carbocycles. The first-order chi connectivity index (χ1) is 6.78. The Hall–Kier alpha value is -0.830. The summed E-state index contributed by atoms with van der Waals surface area (Å²) in [5, 5.41) is 0. The van der Waals surface area contributed by atoms with Crippen molar-refractivity contribution in [2.75, 3.05) is 0 Å². The van der Waals surface area contributed by atoms with Gasteiger partial charge in [-0.1, -0.05) is 13.0 Å². The molecule has 0 radical (unpaired) electrons. The van der Waals surface area contributed by atoms with Gasteiger partial charge in [-0.15, -0.1) is 6.58 Å². The second kappa shape index (κ2) is 5.91. The summed E-state index contributed by atoms with van der Waals surface area (Å²) < 4.78 is 5.21. The molecule has 88 valence electrons. The fourth-order valence-corrected chi connectivity index (χ4v) is 1.16. The molecule has 0 heterocycles. The van der Waals surface area contributed by atoms with E-state index in [0.717, 1.165) is 12.8 Å². The van der Waals surface area contributed by atoms with Crippen molar-refractivity contribution >= 4 is 5.97 Å². The lowest BCUT2D eigenvalue weighted by atomic mass is 9.97. The van der Waals surface area contributed by atoms with Crippen molar-refractivity contribution in [3.05, 3.63) is 12.7 Å². The van der Waals surface area contributed by atoms with Crippen LogP contribution in [0.3, 0.4) is 0 Å². The summed E-state index contributed by atoms with van der Waals surface area (Å²) in [6, 6.07) is -0.538. The molecular formula is C12H23NO2. The second-order valence-electron chi connectivity index (χ2n) is 4.90. The molecule has 0 aliphatic carbocycles. The van der Waals surface area contributed by atoms with E-state index in [0.29, 0.717) is 0 Å². The first-order valence-electron chi connectivity index (χ1n) is 5.37. The highest BCUT2D eigenvalue weighted by Gasteiger charge is 2.25. The minimum Gasteiger partial charge on any atom is -0.459 e. The number of carbonyl (C=O) groups excluding carboxylic acids is 1. The van der Waals surface area contributed by atoms with Gasteiger partial charge in [0.15, 0.2) is 0 Å². The molecule has 0 spiro atoms. The first-order valence-corrected chi connectivity index (χ1v) is 5.37. The van der Waals surface area contributed by atoms with Crippen LogP contribution in [0.1, 0.15) is 40.5 Å². The monoisotopic (exact) mass is 213 g/mol. The van der Waals surface area contributed by atoms with E-state index in [-0.39, 0.29) is 11.9 Å². The van der Waals surface area contributed by atoms with Crippen molar-refractivity contribution in [2.45, 2.75) is 52.2 Å². The van der Waals surface area contributed by atoms with Crippen LogP contribution in [0.15, 0.2) is 12.7 Å². The molecule has 0 bridgehead atoms. The van der Waals surface area contributed by atoms with E-state index in [1.54, 1.807) is 0 Å². The summed E-state index contributed by atoms with van der Waals surface area (Å²) in [5.41, 5.74) is 5.33. The summed E-state index contributed by atoms with van der Waals surface area (Å²) in [6.07, 6.45) is 3.57. The molecule has 3 nitrogen and oxygen atoms in total. The smallest absolute Gasteiger partial charge is 0.323 e. The number of nitrogens with two attached hydrogens (primary N) is 1. The number of rotatable bonds is 5. The molecule has 0 aliphatic rings. The lowest BCUT2D eigenvalue weighted by molar-refractivity contribution is -0.157. The van der Waals surface area contributed by atoms with Crippen LogP contribution in [0, 0.1) is 5.92 Å². The molecule has 3 heteroatoms. The summed E-state index contributed by atoms with van der Waals surface area (Å²) in [7, 11) is 0. The zero-order chi connectivity index (χ0) is 12.1.